The summed E-state index contributed by atoms with van der Waals surface area (Å²) in [7, 11) is 3.85. The first-order valence-electron chi connectivity index (χ1n) is 7.81. The molecule has 8 heteroatoms. The molecule has 0 aliphatic carbocycles. The fourth-order valence-corrected chi connectivity index (χ4v) is 4.01. The minimum absolute atomic E-state index is 0. The van der Waals surface area contributed by atoms with Crippen LogP contribution in [-0.4, -0.2) is 41.5 Å². The molecule has 2 aromatic heterocycles. The van der Waals surface area contributed by atoms with Gasteiger partial charge >= 0.3 is 0 Å². The van der Waals surface area contributed by atoms with Crippen molar-refractivity contribution in [2.45, 2.75) is 40.2 Å². The van der Waals surface area contributed by atoms with Crippen molar-refractivity contribution < 1.29 is 0 Å². The summed E-state index contributed by atoms with van der Waals surface area (Å²) in [5, 5.41) is 7.80. The van der Waals surface area contributed by atoms with Crippen molar-refractivity contribution >= 4 is 52.6 Å². The van der Waals surface area contributed by atoms with Gasteiger partial charge in [-0.05, 0) is 20.3 Å². The molecule has 0 aromatic carbocycles. The largest absolute Gasteiger partial charge is 0.356 e. The highest BCUT2D eigenvalue weighted by atomic mass is 127. The molecular weight excluding hydrogens is 453 g/mol. The topological polar surface area (TPSA) is 53.4 Å². The van der Waals surface area contributed by atoms with Crippen molar-refractivity contribution in [3.63, 3.8) is 0 Å². The van der Waals surface area contributed by atoms with Gasteiger partial charge in [0.2, 0.25) is 0 Å². The molecule has 5 nitrogen and oxygen atoms in total. The van der Waals surface area contributed by atoms with E-state index in [4.69, 9.17) is 0 Å². The molecule has 24 heavy (non-hydrogen) atoms. The van der Waals surface area contributed by atoms with Gasteiger partial charge < -0.3 is 10.2 Å². The third-order valence-electron chi connectivity index (χ3n) is 3.53. The van der Waals surface area contributed by atoms with E-state index in [-0.39, 0.29) is 24.0 Å². The van der Waals surface area contributed by atoms with Crippen LogP contribution >= 0.6 is 46.7 Å². The second-order valence-corrected chi connectivity index (χ2v) is 7.75. The van der Waals surface area contributed by atoms with Crippen LogP contribution in [0.4, 0.5) is 0 Å². The minimum atomic E-state index is 0. The Morgan fingerprint density at radius 1 is 1.33 bits per heavy atom. The Morgan fingerprint density at radius 3 is 2.62 bits per heavy atom. The lowest BCUT2D eigenvalue weighted by atomic mass is 10.3. The maximum atomic E-state index is 4.68. The Hall–Kier alpha value is -0.740. The number of guanidine groups is 1. The summed E-state index contributed by atoms with van der Waals surface area (Å²) >= 11 is 3.48. The van der Waals surface area contributed by atoms with E-state index >= 15 is 0 Å². The molecule has 0 fully saturated rings. The molecule has 2 heterocycles. The van der Waals surface area contributed by atoms with E-state index < -0.39 is 0 Å². The van der Waals surface area contributed by atoms with Gasteiger partial charge in [-0.2, -0.15) is 0 Å². The second kappa shape index (κ2) is 10.3. The van der Waals surface area contributed by atoms with Crippen molar-refractivity contribution in [2.24, 2.45) is 4.99 Å². The highest BCUT2D eigenvalue weighted by Crippen LogP contribution is 2.18. The van der Waals surface area contributed by atoms with Crippen LogP contribution in [-0.2, 0) is 19.4 Å². The van der Waals surface area contributed by atoms with E-state index in [9.17, 15) is 0 Å². The van der Waals surface area contributed by atoms with Gasteiger partial charge in [0.05, 0.1) is 27.9 Å². The molecule has 134 valence electrons. The number of hydrogen-bond acceptors (Lipinski definition) is 5. The van der Waals surface area contributed by atoms with Gasteiger partial charge in [0.15, 0.2) is 5.96 Å². The predicted molar refractivity (Wildman–Crippen MR) is 115 cm³/mol. The Balaban J connectivity index is 0.00000288. The fourth-order valence-electron chi connectivity index (χ4n) is 2.39. The van der Waals surface area contributed by atoms with Gasteiger partial charge in [-0.3, -0.25) is 4.99 Å². The number of hydrogen-bond donors (Lipinski definition) is 1. The fraction of sp³-hybridized carbons (Fsp3) is 0.562. The summed E-state index contributed by atoms with van der Waals surface area (Å²) in [5.41, 5.74) is 2.31. The van der Waals surface area contributed by atoms with E-state index in [1.54, 1.807) is 22.7 Å². The molecule has 0 saturated carbocycles. The summed E-state index contributed by atoms with van der Waals surface area (Å²) in [4.78, 5) is 17.0. The van der Waals surface area contributed by atoms with Gasteiger partial charge in [-0.1, -0.05) is 6.92 Å². The summed E-state index contributed by atoms with van der Waals surface area (Å²) < 4.78 is 0. The lowest BCUT2D eigenvalue weighted by Crippen LogP contribution is -2.39. The summed E-state index contributed by atoms with van der Waals surface area (Å²) in [6.45, 7) is 7.93. The van der Waals surface area contributed by atoms with E-state index in [1.165, 1.54) is 15.6 Å². The van der Waals surface area contributed by atoms with Crippen LogP contribution in [0.15, 0.2) is 10.4 Å². The molecule has 0 saturated heterocycles. The molecule has 0 amide bonds. The number of halogens is 1. The summed E-state index contributed by atoms with van der Waals surface area (Å²) in [6.07, 6.45) is 1.93. The Labute approximate surface area is 169 Å². The van der Waals surface area contributed by atoms with Gasteiger partial charge in [-0.15, -0.1) is 46.7 Å². The van der Waals surface area contributed by atoms with Crippen molar-refractivity contribution in [3.05, 3.63) is 31.7 Å². The van der Waals surface area contributed by atoms with E-state index in [1.807, 2.05) is 21.0 Å². The van der Waals surface area contributed by atoms with Crippen LogP contribution in [0, 0.1) is 13.8 Å². The van der Waals surface area contributed by atoms with Crippen LogP contribution in [0.1, 0.15) is 33.2 Å². The smallest absolute Gasteiger partial charge is 0.193 e. The average molecular weight is 479 g/mol. The minimum Gasteiger partial charge on any atom is -0.356 e. The number of nitrogens with zero attached hydrogens (tertiary/aromatic N) is 4. The zero-order valence-corrected chi connectivity index (χ0v) is 18.9. The zero-order chi connectivity index (χ0) is 16.8. The molecule has 2 rings (SSSR count). The third-order valence-corrected chi connectivity index (χ3v) is 5.43. The highest BCUT2D eigenvalue weighted by Gasteiger charge is 2.10. The maximum absolute atomic E-state index is 4.68. The monoisotopic (exact) mass is 479 g/mol. The van der Waals surface area contributed by atoms with Crippen LogP contribution in [0.5, 0.6) is 0 Å². The van der Waals surface area contributed by atoms with Crippen molar-refractivity contribution in [2.75, 3.05) is 20.6 Å². The van der Waals surface area contributed by atoms with E-state index in [0.717, 1.165) is 42.6 Å². The van der Waals surface area contributed by atoms with E-state index in [2.05, 4.69) is 44.4 Å². The van der Waals surface area contributed by atoms with Gasteiger partial charge in [-0.25, -0.2) is 9.97 Å². The number of rotatable bonds is 6. The summed E-state index contributed by atoms with van der Waals surface area (Å²) in [5.74, 6) is 0.889. The number of aromatic nitrogens is 2. The first kappa shape index (κ1) is 21.3. The molecule has 0 aliphatic rings. The van der Waals surface area contributed by atoms with E-state index in [0.29, 0.717) is 0 Å². The maximum Gasteiger partial charge on any atom is 0.193 e. The number of thiazole rings is 2. The average Bonchev–Trinajstić information content (AvgIpc) is 3.09. The Kier molecular flexibility index (Phi) is 9.14. The molecule has 1 N–H and O–H groups in total. The zero-order valence-electron chi connectivity index (χ0n) is 14.9. The SMILES string of the molecule is CCc1nc(CCNC(=NC)N(C)Cc2csc(C)n2)sc1C.I. The van der Waals surface area contributed by atoms with Crippen molar-refractivity contribution in [3.8, 4) is 0 Å². The highest BCUT2D eigenvalue weighted by molar-refractivity contribution is 14.0. The van der Waals surface area contributed by atoms with Crippen molar-refractivity contribution in [1.29, 1.82) is 0 Å². The third kappa shape index (κ3) is 5.96. The Bertz CT molecular complexity index is 665. The van der Waals surface area contributed by atoms with Crippen LogP contribution < -0.4 is 5.32 Å². The molecule has 2 aromatic rings. The van der Waals surface area contributed by atoms with Crippen LogP contribution in [0.3, 0.4) is 0 Å². The van der Waals surface area contributed by atoms with Crippen molar-refractivity contribution in [1.82, 2.24) is 20.2 Å². The van der Waals surface area contributed by atoms with Crippen LogP contribution in [0.2, 0.25) is 0 Å². The summed E-state index contributed by atoms with van der Waals surface area (Å²) in [6, 6.07) is 0. The quantitative estimate of drug-likeness (QED) is 0.391. The Morgan fingerprint density at radius 2 is 2.08 bits per heavy atom. The molecule has 0 unspecified atom stereocenters. The standard InChI is InChI=1S/C16H25N5S2.HI/c1-6-14-11(2)23-15(20-14)7-8-18-16(17-4)21(5)9-13-10-22-12(3)19-13;/h10H,6-9H2,1-5H3,(H,17,18);1H. The predicted octanol–water partition coefficient (Wildman–Crippen LogP) is 3.65. The molecule has 0 aliphatic heterocycles. The number of nitrogens with one attached hydrogen (secondary N) is 1. The molecule has 0 spiro atoms. The van der Waals surface area contributed by atoms with Gasteiger partial charge in [0, 0.05) is 37.3 Å². The normalized spacial score (nSPS) is 11.3. The van der Waals surface area contributed by atoms with Gasteiger partial charge in [0.25, 0.3) is 0 Å². The molecule has 0 atom stereocenters. The van der Waals surface area contributed by atoms with Gasteiger partial charge in [0.1, 0.15) is 0 Å². The molecular formula is C16H26IN5S2. The molecule has 0 bridgehead atoms. The molecule has 0 radical (unpaired) electrons. The first-order chi connectivity index (χ1) is 11.0. The van der Waals surface area contributed by atoms with Crippen LogP contribution in [0.25, 0.3) is 0 Å². The lowest BCUT2D eigenvalue weighted by molar-refractivity contribution is 0.471. The number of aryl methyl sites for hydroxylation is 3. The second-order valence-electron chi connectivity index (χ2n) is 5.40. The first-order valence-corrected chi connectivity index (χ1v) is 9.51. The lowest BCUT2D eigenvalue weighted by Gasteiger charge is -2.21. The number of aliphatic imine (C=N–C) groups is 1.